The lowest BCUT2D eigenvalue weighted by Gasteiger charge is -2.18. The number of hydrogen-bond acceptors (Lipinski definition) is 7. The van der Waals surface area contributed by atoms with Gasteiger partial charge in [0.1, 0.15) is 0 Å². The first-order valence-corrected chi connectivity index (χ1v) is 14.9. The number of rotatable bonds is 18. The Balaban J connectivity index is 4.35. The molecule has 3 unspecified atom stereocenters. The summed E-state index contributed by atoms with van der Waals surface area (Å²) in [6.45, 7) is 5.91. The Bertz CT molecular complexity index is 421. The van der Waals surface area contributed by atoms with Gasteiger partial charge in [0.05, 0.1) is 19.8 Å². The van der Waals surface area contributed by atoms with E-state index in [1.165, 1.54) is 0 Å². The molecule has 0 aliphatic heterocycles. The Hall–Kier alpha value is 0.560. The molecule has 0 rings (SSSR count). The van der Waals surface area contributed by atoms with Crippen LogP contribution in [0.3, 0.4) is 0 Å². The first kappa shape index (κ1) is 26.6. The van der Waals surface area contributed by atoms with Crippen LogP contribution in [-0.4, -0.2) is 67.0 Å². The summed E-state index contributed by atoms with van der Waals surface area (Å²) in [6, 6.07) is 0. The first-order valence-electron chi connectivity index (χ1n) is 8.95. The minimum absolute atomic E-state index is 0.130. The fourth-order valence-electron chi connectivity index (χ4n) is 1.73. The van der Waals surface area contributed by atoms with Gasteiger partial charge in [-0.2, -0.15) is 0 Å². The van der Waals surface area contributed by atoms with Crippen LogP contribution < -0.4 is 0 Å². The van der Waals surface area contributed by atoms with Crippen LogP contribution in [0.1, 0.15) is 40.0 Å². The molecule has 7 nitrogen and oxygen atoms in total. The largest absolute Gasteiger partial charge is 0.474 e. The summed E-state index contributed by atoms with van der Waals surface area (Å²) in [5.41, 5.74) is 0. The number of hydrogen-bond donors (Lipinski definition) is 0. The summed E-state index contributed by atoms with van der Waals surface area (Å²) >= 11 is 0. The molecule has 0 aromatic rings. The van der Waals surface area contributed by atoms with Gasteiger partial charge in [-0.3, -0.25) is 26.2 Å². The highest BCUT2D eigenvalue weighted by Crippen LogP contribution is 2.49. The second-order valence-corrected chi connectivity index (χ2v) is 12.6. The highest BCUT2D eigenvalue weighted by atomic mass is 32.2. The van der Waals surface area contributed by atoms with Gasteiger partial charge >= 0.3 is 7.82 Å². The minimum atomic E-state index is -3.72. The predicted molar refractivity (Wildman–Crippen MR) is 110 cm³/mol. The molecule has 158 valence electrons. The summed E-state index contributed by atoms with van der Waals surface area (Å²) in [4.78, 5) is 0. The van der Waals surface area contributed by atoms with Gasteiger partial charge in [0, 0.05) is 66.9 Å². The zero-order chi connectivity index (χ0) is 19.8. The average Bonchev–Trinajstić information content (AvgIpc) is 2.65. The SMILES string of the molecule is CCS(=O)CCCOP(=O)(OCCCS(=O)CC)OCCCS(=O)CC. The van der Waals surface area contributed by atoms with Crippen LogP contribution in [-0.2, 0) is 50.5 Å². The molecule has 0 aliphatic rings. The van der Waals surface area contributed by atoms with Crippen molar-refractivity contribution in [3.05, 3.63) is 0 Å². The van der Waals surface area contributed by atoms with E-state index in [9.17, 15) is 17.2 Å². The van der Waals surface area contributed by atoms with E-state index in [4.69, 9.17) is 13.6 Å². The third-order valence-corrected chi connectivity index (χ3v) is 8.92. The Kier molecular flexibility index (Phi) is 16.9. The zero-order valence-corrected chi connectivity index (χ0v) is 19.4. The predicted octanol–water partition coefficient (Wildman–Crippen LogP) is 2.62. The van der Waals surface area contributed by atoms with Gasteiger partial charge in [-0.25, -0.2) is 4.57 Å². The maximum absolute atomic E-state index is 12.7. The molecular weight excluding hydrogens is 419 g/mol. The van der Waals surface area contributed by atoms with Gasteiger partial charge < -0.3 is 0 Å². The van der Waals surface area contributed by atoms with Gasteiger partial charge in [-0.15, -0.1) is 0 Å². The molecule has 11 heteroatoms. The molecule has 0 aromatic carbocycles. The molecule has 3 atom stereocenters. The van der Waals surface area contributed by atoms with Crippen molar-refractivity contribution in [3.8, 4) is 0 Å². The van der Waals surface area contributed by atoms with Crippen molar-refractivity contribution >= 4 is 40.2 Å². The van der Waals surface area contributed by atoms with Crippen molar-refractivity contribution in [1.29, 1.82) is 0 Å². The van der Waals surface area contributed by atoms with E-state index < -0.39 is 40.2 Å². The van der Waals surface area contributed by atoms with Crippen LogP contribution in [0.4, 0.5) is 0 Å². The van der Waals surface area contributed by atoms with Crippen LogP contribution in [0.5, 0.6) is 0 Å². The Morgan fingerprint density at radius 1 is 0.615 bits per heavy atom. The molecule has 26 heavy (non-hydrogen) atoms. The maximum Gasteiger partial charge on any atom is 0.474 e. The fourth-order valence-corrected chi connectivity index (χ4v) is 5.20. The molecule has 0 amide bonds. The van der Waals surface area contributed by atoms with E-state index in [1.54, 1.807) is 0 Å². The number of phosphoric acid groups is 1. The molecule has 0 radical (unpaired) electrons. The van der Waals surface area contributed by atoms with Gasteiger partial charge in [-0.05, 0) is 19.3 Å². The van der Waals surface area contributed by atoms with E-state index in [0.717, 1.165) is 0 Å². The lowest BCUT2D eigenvalue weighted by Crippen LogP contribution is -2.10. The van der Waals surface area contributed by atoms with E-state index in [0.29, 0.717) is 53.8 Å². The summed E-state index contributed by atoms with van der Waals surface area (Å²) in [6.07, 6.45) is 1.49. The number of phosphoric ester groups is 1. The normalized spacial score (nSPS) is 17.5. The Labute approximate surface area is 165 Å². The molecule has 0 saturated heterocycles. The van der Waals surface area contributed by atoms with Crippen LogP contribution in [0.15, 0.2) is 0 Å². The summed E-state index contributed by atoms with van der Waals surface area (Å²) in [5.74, 6) is 3.15. The lowest BCUT2D eigenvalue weighted by atomic mass is 10.5. The molecule has 0 spiro atoms. The van der Waals surface area contributed by atoms with E-state index >= 15 is 0 Å². The second kappa shape index (κ2) is 16.5. The Morgan fingerprint density at radius 2 is 0.885 bits per heavy atom. The van der Waals surface area contributed by atoms with Crippen LogP contribution in [0.25, 0.3) is 0 Å². The van der Waals surface area contributed by atoms with E-state index in [1.807, 2.05) is 20.8 Å². The topological polar surface area (TPSA) is 96.0 Å². The van der Waals surface area contributed by atoms with Crippen molar-refractivity contribution in [2.75, 3.05) is 54.3 Å². The van der Waals surface area contributed by atoms with E-state index in [2.05, 4.69) is 0 Å². The molecule has 0 bridgehead atoms. The second-order valence-electron chi connectivity index (χ2n) is 5.31. The standard InChI is InChI=1S/C15H33O7PS3/c1-4-24(17)13-7-10-20-23(16,21-11-8-14-25(18)5-2)22-12-9-15-26(19)6-3/h4-15H2,1-3H3. The van der Waals surface area contributed by atoms with Gasteiger partial charge in [0.2, 0.25) is 0 Å². The first-order chi connectivity index (χ1) is 12.4. The van der Waals surface area contributed by atoms with Gasteiger partial charge in [0.15, 0.2) is 0 Å². The molecule has 0 fully saturated rings. The average molecular weight is 453 g/mol. The van der Waals surface area contributed by atoms with Crippen molar-refractivity contribution < 1.29 is 30.8 Å². The molecular formula is C15H33O7PS3. The fraction of sp³-hybridized carbons (Fsp3) is 1.00. The molecule has 0 aromatic heterocycles. The van der Waals surface area contributed by atoms with Crippen LogP contribution in [0, 0.1) is 0 Å². The molecule has 0 N–H and O–H groups in total. The third-order valence-electron chi connectivity index (χ3n) is 3.26. The summed E-state index contributed by atoms with van der Waals surface area (Å²) < 4.78 is 62.8. The van der Waals surface area contributed by atoms with Crippen LogP contribution >= 0.6 is 7.82 Å². The summed E-state index contributed by atoms with van der Waals surface area (Å²) in [7, 11) is -6.42. The van der Waals surface area contributed by atoms with Crippen LogP contribution in [0.2, 0.25) is 0 Å². The van der Waals surface area contributed by atoms with Crippen molar-refractivity contribution in [1.82, 2.24) is 0 Å². The van der Waals surface area contributed by atoms with Gasteiger partial charge in [-0.1, -0.05) is 20.8 Å². The van der Waals surface area contributed by atoms with Gasteiger partial charge in [0.25, 0.3) is 0 Å². The zero-order valence-electron chi connectivity index (χ0n) is 16.0. The van der Waals surface area contributed by atoms with Crippen molar-refractivity contribution in [2.24, 2.45) is 0 Å². The monoisotopic (exact) mass is 452 g/mol. The molecule has 0 aliphatic carbocycles. The maximum atomic E-state index is 12.7. The third kappa shape index (κ3) is 14.6. The molecule has 0 heterocycles. The van der Waals surface area contributed by atoms with Crippen molar-refractivity contribution in [2.45, 2.75) is 40.0 Å². The Morgan fingerprint density at radius 3 is 1.12 bits per heavy atom. The summed E-state index contributed by atoms with van der Waals surface area (Å²) in [5, 5.41) is 0. The molecule has 0 saturated carbocycles. The lowest BCUT2D eigenvalue weighted by molar-refractivity contribution is 0.114. The highest BCUT2D eigenvalue weighted by molar-refractivity contribution is 7.85. The highest BCUT2D eigenvalue weighted by Gasteiger charge is 2.26. The smallest absolute Gasteiger partial charge is 0.287 e. The van der Waals surface area contributed by atoms with E-state index in [-0.39, 0.29) is 19.8 Å². The van der Waals surface area contributed by atoms with Crippen molar-refractivity contribution in [3.63, 3.8) is 0 Å². The quantitative estimate of drug-likeness (QED) is 0.233. The minimum Gasteiger partial charge on any atom is -0.287 e.